The minimum atomic E-state index is -0.606. The number of rotatable bonds is 3. The summed E-state index contributed by atoms with van der Waals surface area (Å²) >= 11 is 5.81. The molecule has 90 valence electrons. The van der Waals surface area contributed by atoms with Gasteiger partial charge in [-0.05, 0) is 30.5 Å². The van der Waals surface area contributed by atoms with Crippen molar-refractivity contribution in [1.82, 2.24) is 0 Å². The molecule has 1 aliphatic rings. The molecular formula is C12H13ClN2O2. The third-order valence-corrected chi connectivity index (χ3v) is 3.28. The van der Waals surface area contributed by atoms with Gasteiger partial charge in [0.2, 0.25) is 11.8 Å². The van der Waals surface area contributed by atoms with Crippen LogP contribution in [0.4, 0.5) is 5.69 Å². The molecule has 4 nitrogen and oxygen atoms in total. The predicted molar refractivity (Wildman–Crippen MR) is 65.9 cm³/mol. The summed E-state index contributed by atoms with van der Waals surface area (Å²) in [5.41, 5.74) is 5.94. The Balaban J connectivity index is 2.14. The van der Waals surface area contributed by atoms with Crippen LogP contribution in [0.3, 0.4) is 0 Å². The molecule has 5 heteroatoms. The number of amides is 2. The Morgan fingerprint density at radius 2 is 2.12 bits per heavy atom. The molecule has 0 aromatic heterocycles. The lowest BCUT2D eigenvalue weighted by Crippen LogP contribution is -2.16. The normalized spacial score (nSPS) is 22.0. The molecule has 0 spiro atoms. The van der Waals surface area contributed by atoms with Crippen LogP contribution in [0.25, 0.3) is 0 Å². The number of nitrogens with two attached hydrogens (primary N) is 1. The summed E-state index contributed by atoms with van der Waals surface area (Å²) in [5, 5.41) is 3.04. The van der Waals surface area contributed by atoms with E-state index in [1.54, 1.807) is 12.1 Å². The van der Waals surface area contributed by atoms with Gasteiger partial charge in [-0.2, -0.15) is 0 Å². The molecule has 1 aromatic rings. The molecule has 0 heterocycles. The van der Waals surface area contributed by atoms with Crippen molar-refractivity contribution in [3.8, 4) is 0 Å². The quantitative estimate of drug-likeness (QED) is 0.864. The molecule has 2 rings (SSSR count). The van der Waals surface area contributed by atoms with E-state index in [-0.39, 0.29) is 22.4 Å². The molecule has 2 unspecified atom stereocenters. The molecule has 1 saturated carbocycles. The van der Waals surface area contributed by atoms with E-state index in [1.807, 2.05) is 6.92 Å². The van der Waals surface area contributed by atoms with E-state index in [9.17, 15) is 9.59 Å². The second-order valence-electron chi connectivity index (χ2n) is 4.37. The summed E-state index contributed by atoms with van der Waals surface area (Å²) < 4.78 is 0. The van der Waals surface area contributed by atoms with Gasteiger partial charge in [-0.15, -0.1) is 0 Å². The largest absolute Gasteiger partial charge is 0.366 e. The molecule has 1 fully saturated rings. The Bertz CT molecular complexity index is 487. The average molecular weight is 253 g/mol. The minimum Gasteiger partial charge on any atom is -0.366 e. The van der Waals surface area contributed by atoms with Crippen LogP contribution >= 0.6 is 11.6 Å². The highest BCUT2D eigenvalue weighted by Crippen LogP contribution is 2.38. The van der Waals surface area contributed by atoms with E-state index < -0.39 is 5.91 Å². The second kappa shape index (κ2) is 4.37. The van der Waals surface area contributed by atoms with Crippen LogP contribution in [0.1, 0.15) is 23.7 Å². The average Bonchev–Trinajstić information content (AvgIpc) is 2.98. The van der Waals surface area contributed by atoms with Crippen molar-refractivity contribution in [2.75, 3.05) is 5.32 Å². The number of primary amides is 1. The highest BCUT2D eigenvalue weighted by Gasteiger charge is 2.39. The summed E-state index contributed by atoms with van der Waals surface area (Å²) in [5.74, 6) is -0.0956. The van der Waals surface area contributed by atoms with Gasteiger partial charge in [0, 0.05) is 11.6 Å². The van der Waals surface area contributed by atoms with Crippen LogP contribution in [-0.4, -0.2) is 11.8 Å². The van der Waals surface area contributed by atoms with Gasteiger partial charge < -0.3 is 11.1 Å². The molecule has 0 saturated heterocycles. The number of hydrogen-bond donors (Lipinski definition) is 2. The van der Waals surface area contributed by atoms with Gasteiger partial charge in [-0.1, -0.05) is 18.5 Å². The van der Waals surface area contributed by atoms with Crippen molar-refractivity contribution in [1.29, 1.82) is 0 Å². The molecule has 1 aliphatic carbocycles. The maximum absolute atomic E-state index is 11.7. The summed E-state index contributed by atoms with van der Waals surface area (Å²) in [6.07, 6.45) is 0.919. The summed E-state index contributed by atoms with van der Waals surface area (Å²) in [6.45, 7) is 2.03. The zero-order valence-electron chi connectivity index (χ0n) is 9.37. The number of carbonyl (C=O) groups is 2. The molecule has 0 radical (unpaired) electrons. The molecular weight excluding hydrogens is 240 g/mol. The molecule has 0 aliphatic heterocycles. The topological polar surface area (TPSA) is 72.2 Å². The van der Waals surface area contributed by atoms with Crippen LogP contribution in [0.5, 0.6) is 0 Å². The number of benzene rings is 1. The fourth-order valence-corrected chi connectivity index (χ4v) is 1.92. The Hall–Kier alpha value is -1.55. The van der Waals surface area contributed by atoms with E-state index >= 15 is 0 Å². The van der Waals surface area contributed by atoms with Crippen LogP contribution in [-0.2, 0) is 4.79 Å². The maximum Gasteiger partial charge on any atom is 0.250 e. The van der Waals surface area contributed by atoms with E-state index in [4.69, 9.17) is 17.3 Å². The van der Waals surface area contributed by atoms with E-state index in [0.29, 0.717) is 11.6 Å². The van der Waals surface area contributed by atoms with Gasteiger partial charge in [0.05, 0.1) is 10.6 Å². The molecule has 2 atom stereocenters. The van der Waals surface area contributed by atoms with Crippen molar-refractivity contribution >= 4 is 29.1 Å². The van der Waals surface area contributed by atoms with Crippen LogP contribution in [0.2, 0.25) is 5.02 Å². The molecule has 3 N–H and O–H groups in total. The lowest BCUT2D eigenvalue weighted by Gasteiger charge is -2.07. The third-order valence-electron chi connectivity index (χ3n) is 2.95. The number of hydrogen-bond acceptors (Lipinski definition) is 2. The fraction of sp³-hybridized carbons (Fsp3) is 0.333. The van der Waals surface area contributed by atoms with E-state index in [1.165, 1.54) is 6.07 Å². The van der Waals surface area contributed by atoms with Gasteiger partial charge in [0.15, 0.2) is 0 Å². The zero-order valence-corrected chi connectivity index (χ0v) is 10.1. The Kier molecular flexibility index (Phi) is 3.07. The van der Waals surface area contributed by atoms with Gasteiger partial charge in [-0.3, -0.25) is 9.59 Å². The summed E-state index contributed by atoms with van der Waals surface area (Å²) in [6, 6.07) is 4.70. The van der Waals surface area contributed by atoms with Gasteiger partial charge >= 0.3 is 0 Å². The van der Waals surface area contributed by atoms with Crippen molar-refractivity contribution in [3.05, 3.63) is 28.8 Å². The number of carbonyl (C=O) groups excluding carboxylic acids is 2. The van der Waals surface area contributed by atoms with Crippen LogP contribution < -0.4 is 11.1 Å². The Morgan fingerprint density at radius 3 is 2.65 bits per heavy atom. The lowest BCUT2D eigenvalue weighted by molar-refractivity contribution is -0.117. The highest BCUT2D eigenvalue weighted by molar-refractivity contribution is 6.34. The van der Waals surface area contributed by atoms with Crippen LogP contribution in [0, 0.1) is 11.8 Å². The van der Waals surface area contributed by atoms with Crippen molar-refractivity contribution in [3.63, 3.8) is 0 Å². The predicted octanol–water partition coefficient (Wildman–Crippen LogP) is 2.03. The van der Waals surface area contributed by atoms with E-state index in [0.717, 1.165) is 6.42 Å². The molecule has 2 amide bonds. The van der Waals surface area contributed by atoms with E-state index in [2.05, 4.69) is 5.32 Å². The lowest BCUT2D eigenvalue weighted by atomic mass is 10.2. The standard InChI is InChI=1S/C12H13ClN2O2/c1-6-4-8(6)12(17)15-7-2-3-10(13)9(5-7)11(14)16/h2-3,5-6,8H,4H2,1H3,(H2,14,16)(H,15,17). The molecule has 17 heavy (non-hydrogen) atoms. The first-order valence-corrected chi connectivity index (χ1v) is 5.77. The number of halogens is 1. The van der Waals surface area contributed by atoms with Crippen molar-refractivity contribution in [2.45, 2.75) is 13.3 Å². The van der Waals surface area contributed by atoms with Gasteiger partial charge in [0.25, 0.3) is 0 Å². The number of nitrogens with one attached hydrogen (secondary N) is 1. The zero-order chi connectivity index (χ0) is 12.6. The number of anilines is 1. The first kappa shape index (κ1) is 11.9. The Labute approximate surface area is 104 Å². The maximum atomic E-state index is 11.7. The smallest absolute Gasteiger partial charge is 0.250 e. The van der Waals surface area contributed by atoms with Crippen molar-refractivity contribution in [2.24, 2.45) is 17.6 Å². The first-order valence-electron chi connectivity index (χ1n) is 5.39. The Morgan fingerprint density at radius 1 is 1.47 bits per heavy atom. The summed E-state index contributed by atoms with van der Waals surface area (Å²) in [4.78, 5) is 22.8. The van der Waals surface area contributed by atoms with Crippen molar-refractivity contribution < 1.29 is 9.59 Å². The van der Waals surface area contributed by atoms with Gasteiger partial charge in [0.1, 0.15) is 0 Å². The molecule has 0 bridgehead atoms. The molecule has 1 aromatic carbocycles. The monoisotopic (exact) mass is 252 g/mol. The van der Waals surface area contributed by atoms with Crippen LogP contribution in [0.15, 0.2) is 18.2 Å². The minimum absolute atomic E-state index is 0.0183. The first-order chi connectivity index (χ1) is 7.99. The SMILES string of the molecule is CC1CC1C(=O)Nc1ccc(Cl)c(C(N)=O)c1. The van der Waals surface area contributed by atoms with Gasteiger partial charge in [-0.25, -0.2) is 0 Å². The highest BCUT2D eigenvalue weighted by atomic mass is 35.5. The third kappa shape index (κ3) is 2.58. The summed E-state index contributed by atoms with van der Waals surface area (Å²) in [7, 11) is 0. The fourth-order valence-electron chi connectivity index (χ4n) is 1.71. The second-order valence-corrected chi connectivity index (χ2v) is 4.77.